The molecule has 1 saturated heterocycles. The van der Waals surface area contributed by atoms with Gasteiger partial charge in [-0.15, -0.1) is 0 Å². The highest BCUT2D eigenvalue weighted by Crippen LogP contribution is 2.04. The molecule has 0 aromatic rings. The number of carbonyl (C=O) groups excluding carboxylic acids is 3. The number of ketones is 1. The molecule has 0 radical (unpaired) electrons. The lowest BCUT2D eigenvalue weighted by Gasteiger charge is -2.33. The molecule has 1 atom stereocenters. The molecule has 15 heteroatoms. The third-order valence-electron chi connectivity index (χ3n) is 7.28. The summed E-state index contributed by atoms with van der Waals surface area (Å²) in [5.41, 5.74) is 0. The number of rotatable bonds is 18. The van der Waals surface area contributed by atoms with Gasteiger partial charge < -0.3 is 35.6 Å². The molecule has 1 fully saturated rings. The van der Waals surface area contributed by atoms with Gasteiger partial charge in [0.05, 0.1) is 19.6 Å². The fourth-order valence-corrected chi connectivity index (χ4v) is 4.72. The van der Waals surface area contributed by atoms with Crippen molar-refractivity contribution in [1.29, 1.82) is 0 Å². The van der Waals surface area contributed by atoms with Crippen LogP contribution in [0.3, 0.4) is 0 Å². The Labute approximate surface area is 253 Å². The molecule has 5 N–H and O–H groups in total. The number of hydrogen-bond acceptors (Lipinski definition) is 10. The molecule has 1 aliphatic heterocycles. The van der Waals surface area contributed by atoms with Crippen molar-refractivity contribution in [3.8, 4) is 0 Å². The first-order valence-electron chi connectivity index (χ1n) is 15.0. The minimum absolute atomic E-state index is 0.0666. The molecule has 1 rings (SSSR count). The fourth-order valence-electron chi connectivity index (χ4n) is 4.72. The summed E-state index contributed by atoms with van der Waals surface area (Å²) in [6.07, 6.45) is 2.65. The second-order valence-electron chi connectivity index (χ2n) is 10.9. The smallest absolute Gasteiger partial charge is 0.326 e. The van der Waals surface area contributed by atoms with Crippen LogP contribution >= 0.6 is 0 Å². The molecular formula is C28H50N6O9. The predicted octanol–water partition coefficient (Wildman–Crippen LogP) is -0.988. The number of Topliss-reactive ketones (excluding diaryl/α,β-unsaturated/α-hetero) is 1. The quantitative estimate of drug-likeness (QED) is 0.118. The Hall–Kier alpha value is -3.14. The monoisotopic (exact) mass is 614 g/mol. The predicted molar refractivity (Wildman–Crippen MR) is 158 cm³/mol. The zero-order valence-electron chi connectivity index (χ0n) is 25.6. The van der Waals surface area contributed by atoms with Crippen molar-refractivity contribution in [2.45, 2.75) is 58.4 Å². The number of likely N-dealkylation sites (N-methyl/N-ethyl adjacent to an activating group) is 1. The number of hydrogen-bond donors (Lipinski definition) is 5. The Morgan fingerprint density at radius 1 is 0.651 bits per heavy atom. The van der Waals surface area contributed by atoms with Crippen LogP contribution in [0.15, 0.2) is 0 Å². The SMILES string of the molecule is CCN1CCN(CC(=O)O)CCN(CC(=O)O)CCN(CC(=O)N[C@@H](CCC(=O)NCCCCCC(C)=O)C(=O)O)CC1. The number of nitrogens with one attached hydrogen (secondary N) is 2. The van der Waals surface area contributed by atoms with E-state index >= 15 is 0 Å². The van der Waals surface area contributed by atoms with Crippen LogP contribution in [0.5, 0.6) is 0 Å². The van der Waals surface area contributed by atoms with E-state index in [4.69, 9.17) is 0 Å². The highest BCUT2D eigenvalue weighted by atomic mass is 16.4. The molecule has 1 aliphatic rings. The highest BCUT2D eigenvalue weighted by molar-refractivity contribution is 5.85. The fraction of sp³-hybridized carbons (Fsp3) is 0.786. The molecule has 43 heavy (non-hydrogen) atoms. The van der Waals surface area contributed by atoms with Crippen molar-refractivity contribution in [2.75, 3.05) is 85.1 Å². The molecule has 15 nitrogen and oxygen atoms in total. The second kappa shape index (κ2) is 21.5. The van der Waals surface area contributed by atoms with Crippen LogP contribution in [-0.4, -0.2) is 162 Å². The Kier molecular flexibility index (Phi) is 19.0. The zero-order chi connectivity index (χ0) is 32.2. The van der Waals surface area contributed by atoms with Gasteiger partial charge in [0.1, 0.15) is 11.8 Å². The molecule has 0 saturated carbocycles. The number of nitrogens with zero attached hydrogens (tertiary/aromatic N) is 4. The van der Waals surface area contributed by atoms with Crippen molar-refractivity contribution in [3.05, 3.63) is 0 Å². The average Bonchev–Trinajstić information content (AvgIpc) is 2.92. The summed E-state index contributed by atoms with van der Waals surface area (Å²) in [7, 11) is 0. The minimum Gasteiger partial charge on any atom is -0.480 e. The number of unbranched alkanes of at least 4 members (excludes halogenated alkanes) is 2. The van der Waals surface area contributed by atoms with Crippen molar-refractivity contribution in [3.63, 3.8) is 0 Å². The lowest BCUT2D eigenvalue weighted by atomic mass is 10.1. The van der Waals surface area contributed by atoms with E-state index in [1.807, 2.05) is 11.8 Å². The van der Waals surface area contributed by atoms with E-state index in [0.29, 0.717) is 78.3 Å². The third kappa shape index (κ3) is 18.9. The number of amides is 2. The summed E-state index contributed by atoms with van der Waals surface area (Å²) in [6, 6.07) is -1.24. The minimum atomic E-state index is -1.24. The van der Waals surface area contributed by atoms with Crippen molar-refractivity contribution in [1.82, 2.24) is 30.2 Å². The first-order valence-corrected chi connectivity index (χ1v) is 15.0. The van der Waals surface area contributed by atoms with Gasteiger partial charge >= 0.3 is 17.9 Å². The Morgan fingerprint density at radius 2 is 1.14 bits per heavy atom. The van der Waals surface area contributed by atoms with Gasteiger partial charge in [0.15, 0.2) is 0 Å². The summed E-state index contributed by atoms with van der Waals surface area (Å²) in [6.45, 7) is 7.74. The van der Waals surface area contributed by atoms with Crippen LogP contribution in [0.4, 0.5) is 0 Å². The van der Waals surface area contributed by atoms with E-state index in [0.717, 1.165) is 12.8 Å². The molecule has 0 spiro atoms. The highest BCUT2D eigenvalue weighted by Gasteiger charge is 2.24. The summed E-state index contributed by atoms with van der Waals surface area (Å²) in [4.78, 5) is 78.1. The molecule has 1 heterocycles. The van der Waals surface area contributed by atoms with Gasteiger partial charge in [0.25, 0.3) is 0 Å². The van der Waals surface area contributed by atoms with Crippen LogP contribution in [0, 0.1) is 0 Å². The van der Waals surface area contributed by atoms with E-state index in [1.54, 1.807) is 9.80 Å². The molecule has 0 aromatic carbocycles. The lowest BCUT2D eigenvalue weighted by Crippen LogP contribution is -2.50. The standard InChI is InChI=1S/C28H50N6O9/c1-3-31-11-13-32(15-16-34(21-27(40)41)18-17-33(14-12-31)20-26(38)39)19-25(37)30-23(28(42)43)8-9-24(36)29-10-6-4-5-7-22(2)35/h23H,3-21H2,1-2H3,(H,29,36)(H,30,37)(H,38,39)(H,40,41)(H,42,43)/t23-/m0/s1. The van der Waals surface area contributed by atoms with E-state index < -0.39 is 29.9 Å². The topological polar surface area (TPSA) is 200 Å². The molecule has 0 aliphatic carbocycles. The molecule has 0 unspecified atom stereocenters. The molecule has 0 bridgehead atoms. The van der Waals surface area contributed by atoms with Crippen molar-refractivity contribution >= 4 is 35.5 Å². The van der Waals surface area contributed by atoms with Gasteiger partial charge in [0, 0.05) is 71.7 Å². The maximum absolute atomic E-state index is 12.9. The van der Waals surface area contributed by atoms with E-state index in [2.05, 4.69) is 15.5 Å². The molecule has 0 aromatic heterocycles. The second-order valence-corrected chi connectivity index (χ2v) is 10.9. The molecule has 246 valence electrons. The van der Waals surface area contributed by atoms with E-state index in [-0.39, 0.29) is 44.2 Å². The first kappa shape index (κ1) is 37.9. The van der Waals surface area contributed by atoms with E-state index in [9.17, 15) is 44.1 Å². The number of carbonyl (C=O) groups is 6. The third-order valence-corrected chi connectivity index (χ3v) is 7.28. The summed E-state index contributed by atoms with van der Waals surface area (Å²) in [5.74, 6) is -3.89. The Morgan fingerprint density at radius 3 is 1.58 bits per heavy atom. The van der Waals surface area contributed by atoms with Gasteiger partial charge in [0.2, 0.25) is 11.8 Å². The van der Waals surface area contributed by atoms with Gasteiger partial charge in [-0.2, -0.15) is 0 Å². The largest absolute Gasteiger partial charge is 0.480 e. The van der Waals surface area contributed by atoms with Crippen LogP contribution in [0.25, 0.3) is 0 Å². The average molecular weight is 615 g/mol. The van der Waals surface area contributed by atoms with Crippen molar-refractivity contribution < 1.29 is 44.1 Å². The van der Waals surface area contributed by atoms with Gasteiger partial charge in [-0.25, -0.2) is 4.79 Å². The maximum atomic E-state index is 12.9. The zero-order valence-corrected chi connectivity index (χ0v) is 25.6. The maximum Gasteiger partial charge on any atom is 0.326 e. The normalized spacial score (nSPS) is 17.3. The van der Waals surface area contributed by atoms with Gasteiger partial charge in [-0.1, -0.05) is 13.3 Å². The number of carboxylic acid groups (broad SMARTS) is 3. The number of aliphatic carboxylic acids is 3. The summed E-state index contributed by atoms with van der Waals surface area (Å²) in [5, 5.41) is 33.5. The summed E-state index contributed by atoms with van der Waals surface area (Å²) < 4.78 is 0. The van der Waals surface area contributed by atoms with Crippen LogP contribution in [-0.2, 0) is 28.8 Å². The molecular weight excluding hydrogens is 564 g/mol. The Balaban J connectivity index is 2.71. The van der Waals surface area contributed by atoms with E-state index in [1.165, 1.54) is 6.92 Å². The summed E-state index contributed by atoms with van der Waals surface area (Å²) >= 11 is 0. The molecule has 2 amide bonds. The van der Waals surface area contributed by atoms with Gasteiger partial charge in [-0.3, -0.25) is 33.9 Å². The Bertz CT molecular complexity index is 919. The lowest BCUT2D eigenvalue weighted by molar-refractivity contribution is -0.142. The van der Waals surface area contributed by atoms with Gasteiger partial charge in [-0.05, 0) is 32.7 Å². The van der Waals surface area contributed by atoms with Crippen LogP contribution in [0.1, 0.15) is 52.4 Å². The van der Waals surface area contributed by atoms with Crippen LogP contribution < -0.4 is 10.6 Å². The first-order chi connectivity index (χ1) is 20.4. The number of carboxylic acids is 3. The van der Waals surface area contributed by atoms with Crippen molar-refractivity contribution in [2.24, 2.45) is 0 Å². The van der Waals surface area contributed by atoms with Crippen LogP contribution in [0.2, 0.25) is 0 Å².